The Morgan fingerprint density at radius 1 is 1.25 bits per heavy atom. The number of carbonyl (C=O) groups excluding carboxylic acids is 2. The summed E-state index contributed by atoms with van der Waals surface area (Å²) < 4.78 is 0. The van der Waals surface area contributed by atoms with Crippen LogP contribution >= 0.6 is 11.3 Å². The molecule has 0 bridgehead atoms. The maximum atomic E-state index is 11.7. The summed E-state index contributed by atoms with van der Waals surface area (Å²) in [5, 5.41) is 6.24. The summed E-state index contributed by atoms with van der Waals surface area (Å²) >= 11 is 1.48. The van der Waals surface area contributed by atoms with Gasteiger partial charge in [-0.2, -0.15) is 0 Å². The first-order valence-electron chi connectivity index (χ1n) is 6.72. The molecule has 20 heavy (non-hydrogen) atoms. The fraction of sp³-hybridized carbons (Fsp3) is 0.643. The fourth-order valence-electron chi connectivity index (χ4n) is 1.42. The Kier molecular flexibility index (Phi) is 5.68. The number of aromatic nitrogens is 1. The molecule has 5 nitrogen and oxygen atoms in total. The van der Waals surface area contributed by atoms with E-state index in [1.807, 2.05) is 34.6 Å². The van der Waals surface area contributed by atoms with Gasteiger partial charge in [0.15, 0.2) is 5.13 Å². The van der Waals surface area contributed by atoms with E-state index in [0.717, 1.165) is 10.6 Å². The predicted octanol–water partition coefficient (Wildman–Crippen LogP) is 2.64. The van der Waals surface area contributed by atoms with E-state index < -0.39 is 5.41 Å². The molecular formula is C14H23N3O2S. The Labute approximate surface area is 124 Å². The highest BCUT2D eigenvalue weighted by Gasteiger charge is 2.20. The van der Waals surface area contributed by atoms with E-state index in [1.165, 1.54) is 11.3 Å². The molecule has 0 spiro atoms. The van der Waals surface area contributed by atoms with Crippen molar-refractivity contribution in [3.63, 3.8) is 0 Å². The molecule has 1 rings (SSSR count). The van der Waals surface area contributed by atoms with Crippen LogP contribution in [0.1, 0.15) is 44.2 Å². The van der Waals surface area contributed by atoms with Crippen molar-refractivity contribution in [2.45, 2.75) is 47.5 Å². The van der Waals surface area contributed by atoms with Crippen molar-refractivity contribution in [1.82, 2.24) is 10.3 Å². The van der Waals surface area contributed by atoms with Gasteiger partial charge in [-0.3, -0.25) is 9.59 Å². The van der Waals surface area contributed by atoms with Crippen molar-refractivity contribution < 1.29 is 9.59 Å². The summed E-state index contributed by atoms with van der Waals surface area (Å²) in [6.07, 6.45) is 0.999. The lowest BCUT2D eigenvalue weighted by atomic mass is 9.96. The number of hydrogen-bond donors (Lipinski definition) is 2. The van der Waals surface area contributed by atoms with E-state index in [4.69, 9.17) is 0 Å². The zero-order valence-corrected chi connectivity index (χ0v) is 13.6. The van der Waals surface area contributed by atoms with Gasteiger partial charge in [0.1, 0.15) is 0 Å². The topological polar surface area (TPSA) is 71.1 Å². The number of amides is 2. The summed E-state index contributed by atoms with van der Waals surface area (Å²) in [6, 6.07) is 0. The van der Waals surface area contributed by atoms with E-state index >= 15 is 0 Å². The normalized spacial score (nSPS) is 11.2. The number of thiazole rings is 1. The van der Waals surface area contributed by atoms with Crippen LogP contribution in [0.2, 0.25) is 0 Å². The molecule has 2 N–H and O–H groups in total. The average Bonchev–Trinajstić information content (AvgIpc) is 2.62. The number of anilines is 1. The third-order valence-corrected chi connectivity index (χ3v) is 3.81. The molecule has 0 aromatic carbocycles. The van der Waals surface area contributed by atoms with Crippen LogP contribution in [-0.2, 0) is 9.59 Å². The molecule has 0 radical (unpaired) electrons. The maximum absolute atomic E-state index is 11.7. The minimum atomic E-state index is -0.391. The van der Waals surface area contributed by atoms with Crippen LogP contribution in [0.3, 0.4) is 0 Å². The van der Waals surface area contributed by atoms with E-state index in [0.29, 0.717) is 24.5 Å². The molecule has 0 saturated heterocycles. The molecule has 1 aromatic heterocycles. The number of nitrogens with zero attached hydrogens (tertiary/aromatic N) is 1. The van der Waals surface area contributed by atoms with E-state index in [-0.39, 0.29) is 11.8 Å². The van der Waals surface area contributed by atoms with Crippen molar-refractivity contribution >= 4 is 28.3 Å². The molecule has 6 heteroatoms. The number of nitrogens with one attached hydrogen (secondary N) is 2. The third-order valence-electron chi connectivity index (χ3n) is 2.82. The van der Waals surface area contributed by atoms with Crippen molar-refractivity contribution in [3.05, 3.63) is 10.6 Å². The minimum Gasteiger partial charge on any atom is -0.356 e. The van der Waals surface area contributed by atoms with Gasteiger partial charge in [-0.25, -0.2) is 4.98 Å². The molecule has 0 fully saturated rings. The van der Waals surface area contributed by atoms with E-state index in [2.05, 4.69) is 15.6 Å². The Morgan fingerprint density at radius 3 is 2.40 bits per heavy atom. The SMILES string of the molecule is Cc1nc(NC(=O)CCCNC(=O)C(C)(C)C)sc1C. The van der Waals surface area contributed by atoms with Crippen LogP contribution in [0.15, 0.2) is 0 Å². The second-order valence-electron chi connectivity index (χ2n) is 5.82. The number of rotatable bonds is 5. The molecule has 1 aromatic rings. The van der Waals surface area contributed by atoms with Gasteiger partial charge < -0.3 is 10.6 Å². The van der Waals surface area contributed by atoms with Crippen LogP contribution in [0, 0.1) is 19.3 Å². The Morgan fingerprint density at radius 2 is 1.90 bits per heavy atom. The number of hydrogen-bond acceptors (Lipinski definition) is 4. The Bertz CT molecular complexity index is 470. The molecule has 112 valence electrons. The average molecular weight is 297 g/mol. The monoisotopic (exact) mass is 297 g/mol. The van der Waals surface area contributed by atoms with Gasteiger partial charge in [0.2, 0.25) is 11.8 Å². The van der Waals surface area contributed by atoms with Crippen LogP contribution in [0.5, 0.6) is 0 Å². The predicted molar refractivity (Wildman–Crippen MR) is 81.9 cm³/mol. The van der Waals surface area contributed by atoms with Gasteiger partial charge in [0.05, 0.1) is 5.69 Å². The lowest BCUT2D eigenvalue weighted by Gasteiger charge is -2.17. The zero-order chi connectivity index (χ0) is 15.3. The standard InChI is InChI=1S/C14H23N3O2S/c1-9-10(2)20-13(16-9)17-11(18)7-6-8-15-12(19)14(3,4)5/h6-8H2,1-5H3,(H,15,19)(H,16,17,18). The summed E-state index contributed by atoms with van der Waals surface area (Å²) in [6.45, 7) is 10.0. The van der Waals surface area contributed by atoms with Crippen molar-refractivity contribution in [3.8, 4) is 0 Å². The Balaban J connectivity index is 2.26. The van der Waals surface area contributed by atoms with E-state index in [9.17, 15) is 9.59 Å². The first-order chi connectivity index (χ1) is 9.20. The molecule has 0 unspecified atom stereocenters. The molecule has 0 saturated carbocycles. The largest absolute Gasteiger partial charge is 0.356 e. The van der Waals surface area contributed by atoms with Gasteiger partial charge in [0, 0.05) is 23.3 Å². The first-order valence-corrected chi connectivity index (χ1v) is 7.54. The molecule has 0 aliphatic carbocycles. The number of carbonyl (C=O) groups is 2. The minimum absolute atomic E-state index is 0.00378. The molecule has 0 aliphatic heterocycles. The first kappa shape index (κ1) is 16.6. The van der Waals surface area contributed by atoms with Crippen LogP contribution in [0.25, 0.3) is 0 Å². The summed E-state index contributed by atoms with van der Waals surface area (Å²) in [7, 11) is 0. The van der Waals surface area contributed by atoms with Gasteiger partial charge in [-0.1, -0.05) is 20.8 Å². The van der Waals surface area contributed by atoms with Gasteiger partial charge in [0.25, 0.3) is 0 Å². The lowest BCUT2D eigenvalue weighted by molar-refractivity contribution is -0.128. The smallest absolute Gasteiger partial charge is 0.226 e. The number of aryl methyl sites for hydroxylation is 2. The summed E-state index contributed by atoms with van der Waals surface area (Å²) in [4.78, 5) is 28.7. The zero-order valence-electron chi connectivity index (χ0n) is 12.8. The van der Waals surface area contributed by atoms with E-state index in [1.54, 1.807) is 0 Å². The fourth-order valence-corrected chi connectivity index (χ4v) is 2.25. The third kappa shape index (κ3) is 5.28. The quantitative estimate of drug-likeness (QED) is 0.821. The summed E-state index contributed by atoms with van der Waals surface area (Å²) in [5.74, 6) is -0.0622. The Hall–Kier alpha value is -1.43. The van der Waals surface area contributed by atoms with Crippen LogP contribution < -0.4 is 10.6 Å². The maximum Gasteiger partial charge on any atom is 0.226 e. The molecule has 0 aliphatic rings. The van der Waals surface area contributed by atoms with Crippen molar-refractivity contribution in [1.29, 1.82) is 0 Å². The lowest BCUT2D eigenvalue weighted by Crippen LogP contribution is -2.35. The molecular weight excluding hydrogens is 274 g/mol. The second-order valence-corrected chi connectivity index (χ2v) is 7.02. The molecule has 1 heterocycles. The molecule has 2 amide bonds. The van der Waals surface area contributed by atoms with Crippen molar-refractivity contribution in [2.75, 3.05) is 11.9 Å². The van der Waals surface area contributed by atoms with Gasteiger partial charge in [-0.05, 0) is 20.3 Å². The highest BCUT2D eigenvalue weighted by molar-refractivity contribution is 7.15. The highest BCUT2D eigenvalue weighted by atomic mass is 32.1. The second kappa shape index (κ2) is 6.83. The van der Waals surface area contributed by atoms with Crippen molar-refractivity contribution in [2.24, 2.45) is 5.41 Å². The highest BCUT2D eigenvalue weighted by Crippen LogP contribution is 2.21. The van der Waals surface area contributed by atoms with Crippen LogP contribution in [0.4, 0.5) is 5.13 Å². The van der Waals surface area contributed by atoms with Crippen LogP contribution in [-0.4, -0.2) is 23.3 Å². The van der Waals surface area contributed by atoms with Gasteiger partial charge in [-0.15, -0.1) is 11.3 Å². The molecule has 0 atom stereocenters. The summed E-state index contributed by atoms with van der Waals surface area (Å²) in [5.41, 5.74) is 0.556. The van der Waals surface area contributed by atoms with Gasteiger partial charge >= 0.3 is 0 Å².